The fraction of sp³-hybridized carbons (Fsp3) is 0.481. The van der Waals surface area contributed by atoms with Crippen molar-refractivity contribution < 1.29 is 9.59 Å². The molecule has 1 aliphatic heterocycles. The number of amides is 2. The van der Waals surface area contributed by atoms with Crippen molar-refractivity contribution in [2.45, 2.75) is 82.8 Å². The van der Waals surface area contributed by atoms with Gasteiger partial charge in [-0.1, -0.05) is 80.6 Å². The second-order valence-electron chi connectivity index (χ2n) is 9.39. The number of carbonyl (C=O) groups excluding carboxylic acids is 2. The van der Waals surface area contributed by atoms with Crippen molar-refractivity contribution in [1.82, 2.24) is 10.2 Å². The van der Waals surface area contributed by atoms with Crippen LogP contribution in [0.5, 0.6) is 0 Å². The van der Waals surface area contributed by atoms with E-state index in [0.29, 0.717) is 12.0 Å². The van der Waals surface area contributed by atoms with Crippen LogP contribution in [0.25, 0.3) is 0 Å². The highest BCUT2D eigenvalue weighted by Crippen LogP contribution is 2.38. The molecule has 0 radical (unpaired) electrons. The Bertz CT molecular complexity index is 918. The molecule has 2 aromatic carbocycles. The Morgan fingerprint density at radius 1 is 0.968 bits per heavy atom. The van der Waals surface area contributed by atoms with E-state index in [1.807, 2.05) is 73.3 Å². The maximum atomic E-state index is 13.8. The first kappa shape index (κ1) is 21.6. The average Bonchev–Trinajstić information content (AvgIpc) is 2.76. The van der Waals surface area contributed by atoms with Crippen molar-refractivity contribution in [3.05, 3.63) is 71.3 Å². The van der Waals surface area contributed by atoms with Gasteiger partial charge in [0.25, 0.3) is 5.91 Å². The zero-order valence-corrected chi connectivity index (χ0v) is 18.8. The monoisotopic (exact) mass is 418 g/mol. The van der Waals surface area contributed by atoms with Gasteiger partial charge in [-0.2, -0.15) is 0 Å². The smallest absolute Gasteiger partial charge is 0.255 e. The van der Waals surface area contributed by atoms with Crippen molar-refractivity contribution >= 4 is 11.8 Å². The van der Waals surface area contributed by atoms with Crippen molar-refractivity contribution in [2.75, 3.05) is 0 Å². The Morgan fingerprint density at radius 3 is 2.29 bits per heavy atom. The van der Waals surface area contributed by atoms with Gasteiger partial charge in [-0.15, -0.1) is 0 Å². The van der Waals surface area contributed by atoms with Gasteiger partial charge >= 0.3 is 0 Å². The largest absolute Gasteiger partial charge is 0.351 e. The maximum Gasteiger partial charge on any atom is 0.255 e. The maximum absolute atomic E-state index is 13.8. The van der Waals surface area contributed by atoms with Crippen LogP contribution in [-0.4, -0.2) is 28.3 Å². The van der Waals surface area contributed by atoms with Gasteiger partial charge in [-0.3, -0.25) is 9.59 Å². The number of hydrogen-bond acceptors (Lipinski definition) is 2. The summed E-state index contributed by atoms with van der Waals surface area (Å²) < 4.78 is 0. The van der Waals surface area contributed by atoms with E-state index in [0.717, 1.165) is 36.8 Å². The molecule has 0 spiro atoms. The highest BCUT2D eigenvalue weighted by atomic mass is 16.2. The molecule has 2 aromatic rings. The standard InChI is InChI=1S/C27H34N2O2/c1-20(21-13-7-6-8-14-21)29-25(30)24-18-12-11-15-22(24)19-27(29,2)26(31)28-23-16-9-4-3-5-10-17-23/h6-8,11-15,18,20,23H,3-5,9-10,16-17,19H2,1-2H3,(H,28,31)/t20-,27+/m0/s1. The average molecular weight is 419 g/mol. The second kappa shape index (κ2) is 9.25. The van der Waals surface area contributed by atoms with E-state index >= 15 is 0 Å². The zero-order valence-electron chi connectivity index (χ0n) is 18.8. The van der Waals surface area contributed by atoms with Crippen LogP contribution >= 0.6 is 0 Å². The molecule has 4 nitrogen and oxygen atoms in total. The number of nitrogens with one attached hydrogen (secondary N) is 1. The first-order valence-electron chi connectivity index (χ1n) is 11.8. The minimum absolute atomic E-state index is 0.0243. The van der Waals surface area contributed by atoms with Crippen LogP contribution in [0.3, 0.4) is 0 Å². The third-order valence-electron chi connectivity index (χ3n) is 7.13. The fourth-order valence-electron chi connectivity index (χ4n) is 5.31. The molecule has 0 saturated heterocycles. The molecular formula is C27H34N2O2. The Morgan fingerprint density at radius 2 is 1.58 bits per heavy atom. The van der Waals surface area contributed by atoms with Gasteiger partial charge in [-0.25, -0.2) is 0 Å². The normalized spacial score (nSPS) is 23.4. The molecule has 1 saturated carbocycles. The molecule has 1 heterocycles. The Labute approximate surface area is 186 Å². The summed E-state index contributed by atoms with van der Waals surface area (Å²) >= 11 is 0. The van der Waals surface area contributed by atoms with E-state index in [1.165, 1.54) is 19.3 Å². The van der Waals surface area contributed by atoms with Crippen LogP contribution in [0.1, 0.15) is 86.3 Å². The number of fused-ring (bicyclic) bond motifs is 1. The second-order valence-corrected chi connectivity index (χ2v) is 9.39. The molecule has 2 amide bonds. The molecule has 0 unspecified atom stereocenters. The molecule has 1 aliphatic carbocycles. The summed E-state index contributed by atoms with van der Waals surface area (Å²) in [5.74, 6) is -0.0859. The summed E-state index contributed by atoms with van der Waals surface area (Å²) in [5.41, 5.74) is 1.78. The molecule has 164 valence electrons. The molecule has 2 atom stereocenters. The lowest BCUT2D eigenvalue weighted by molar-refractivity contribution is -0.133. The molecule has 1 N–H and O–H groups in total. The number of benzene rings is 2. The summed E-state index contributed by atoms with van der Waals surface area (Å²) in [4.78, 5) is 29.3. The summed E-state index contributed by atoms with van der Waals surface area (Å²) in [6.07, 6.45) is 8.69. The van der Waals surface area contributed by atoms with Crippen LogP contribution in [0.15, 0.2) is 54.6 Å². The van der Waals surface area contributed by atoms with Gasteiger partial charge in [-0.05, 0) is 43.9 Å². The first-order valence-corrected chi connectivity index (χ1v) is 11.8. The molecule has 31 heavy (non-hydrogen) atoms. The van der Waals surface area contributed by atoms with E-state index in [4.69, 9.17) is 0 Å². The SMILES string of the molecule is C[C@@H](c1ccccc1)N1C(=O)c2ccccc2C[C@]1(C)C(=O)NC1CCCCCCC1. The summed E-state index contributed by atoms with van der Waals surface area (Å²) in [7, 11) is 0. The predicted molar refractivity (Wildman–Crippen MR) is 124 cm³/mol. The van der Waals surface area contributed by atoms with Gasteiger partial charge in [0, 0.05) is 18.0 Å². The van der Waals surface area contributed by atoms with Gasteiger partial charge in [0.15, 0.2) is 0 Å². The van der Waals surface area contributed by atoms with Crippen LogP contribution in [-0.2, 0) is 11.2 Å². The number of carbonyl (C=O) groups is 2. The van der Waals surface area contributed by atoms with Crippen molar-refractivity contribution in [2.24, 2.45) is 0 Å². The van der Waals surface area contributed by atoms with Crippen molar-refractivity contribution in [1.29, 1.82) is 0 Å². The molecule has 4 heteroatoms. The molecule has 0 bridgehead atoms. The van der Waals surface area contributed by atoms with Gasteiger partial charge in [0.2, 0.25) is 5.91 Å². The minimum Gasteiger partial charge on any atom is -0.351 e. The van der Waals surface area contributed by atoms with Gasteiger partial charge in [0.05, 0.1) is 6.04 Å². The lowest BCUT2D eigenvalue weighted by Crippen LogP contribution is -2.64. The Balaban J connectivity index is 1.67. The van der Waals surface area contributed by atoms with Gasteiger partial charge < -0.3 is 10.2 Å². The summed E-state index contributed by atoms with van der Waals surface area (Å²) in [6, 6.07) is 17.7. The molecule has 1 fully saturated rings. The Hall–Kier alpha value is -2.62. The van der Waals surface area contributed by atoms with Crippen molar-refractivity contribution in [3.8, 4) is 0 Å². The first-order chi connectivity index (χ1) is 15.0. The molecule has 2 aliphatic rings. The quantitative estimate of drug-likeness (QED) is 0.719. The number of hydrogen-bond donors (Lipinski definition) is 1. The Kier molecular flexibility index (Phi) is 6.45. The van der Waals surface area contributed by atoms with E-state index in [1.54, 1.807) is 0 Å². The zero-order chi connectivity index (χ0) is 21.8. The number of nitrogens with zero attached hydrogens (tertiary/aromatic N) is 1. The highest BCUT2D eigenvalue weighted by molar-refractivity contribution is 6.02. The lowest BCUT2D eigenvalue weighted by atomic mass is 9.80. The highest BCUT2D eigenvalue weighted by Gasteiger charge is 2.49. The molecular weight excluding hydrogens is 384 g/mol. The van der Waals surface area contributed by atoms with Crippen LogP contribution in [0.2, 0.25) is 0 Å². The number of rotatable bonds is 4. The van der Waals surface area contributed by atoms with E-state index in [-0.39, 0.29) is 23.9 Å². The fourth-order valence-corrected chi connectivity index (χ4v) is 5.31. The van der Waals surface area contributed by atoms with E-state index in [9.17, 15) is 9.59 Å². The van der Waals surface area contributed by atoms with Crippen molar-refractivity contribution in [3.63, 3.8) is 0 Å². The lowest BCUT2D eigenvalue weighted by Gasteiger charge is -2.47. The summed E-state index contributed by atoms with van der Waals surface area (Å²) in [6.45, 7) is 3.97. The summed E-state index contributed by atoms with van der Waals surface area (Å²) in [5, 5.41) is 3.35. The topological polar surface area (TPSA) is 49.4 Å². The van der Waals surface area contributed by atoms with E-state index in [2.05, 4.69) is 5.32 Å². The van der Waals surface area contributed by atoms with E-state index < -0.39 is 5.54 Å². The van der Waals surface area contributed by atoms with Crippen LogP contribution in [0, 0.1) is 0 Å². The third kappa shape index (κ3) is 4.39. The van der Waals surface area contributed by atoms with Crippen LogP contribution in [0.4, 0.5) is 0 Å². The minimum atomic E-state index is -0.928. The van der Waals surface area contributed by atoms with Gasteiger partial charge in [0.1, 0.15) is 5.54 Å². The molecule has 0 aromatic heterocycles. The molecule has 4 rings (SSSR count). The third-order valence-corrected chi connectivity index (χ3v) is 7.13. The predicted octanol–water partition coefficient (Wildman–Crippen LogP) is 5.43. The van der Waals surface area contributed by atoms with Crippen LogP contribution < -0.4 is 5.32 Å².